The van der Waals surface area contributed by atoms with Crippen molar-refractivity contribution in [3.63, 3.8) is 0 Å². The molecule has 0 N–H and O–H groups in total. The molecule has 0 unspecified atom stereocenters. The standard InChI is InChI=1S/C14H12BrNO4/c1-19-13(17)9-7-12(14(18)20-2)16(8-9)11-5-3-10(15)4-6-11/h3-8H,1-2H3. The summed E-state index contributed by atoms with van der Waals surface area (Å²) in [6, 6.07) is 8.76. The quantitative estimate of drug-likeness (QED) is 0.808. The van der Waals surface area contributed by atoms with Crippen molar-refractivity contribution in [3.05, 3.63) is 52.3 Å². The van der Waals surface area contributed by atoms with Gasteiger partial charge in [-0.2, -0.15) is 0 Å². The number of esters is 2. The molecule has 5 nitrogen and oxygen atoms in total. The van der Waals surface area contributed by atoms with Gasteiger partial charge < -0.3 is 14.0 Å². The summed E-state index contributed by atoms with van der Waals surface area (Å²) in [5.74, 6) is -1.03. The molecule has 0 spiro atoms. The summed E-state index contributed by atoms with van der Waals surface area (Å²) in [5, 5.41) is 0. The summed E-state index contributed by atoms with van der Waals surface area (Å²) in [6.45, 7) is 0. The van der Waals surface area contributed by atoms with E-state index < -0.39 is 11.9 Å². The first-order valence-corrected chi connectivity index (χ1v) is 6.51. The van der Waals surface area contributed by atoms with Gasteiger partial charge in [-0.3, -0.25) is 0 Å². The van der Waals surface area contributed by atoms with Gasteiger partial charge in [-0.05, 0) is 30.3 Å². The maximum Gasteiger partial charge on any atom is 0.355 e. The third-order valence-corrected chi connectivity index (χ3v) is 3.27. The summed E-state index contributed by atoms with van der Waals surface area (Å²) in [5.41, 5.74) is 1.29. The van der Waals surface area contributed by atoms with Gasteiger partial charge in [0.05, 0.1) is 19.8 Å². The number of rotatable bonds is 3. The molecule has 2 rings (SSSR count). The van der Waals surface area contributed by atoms with Gasteiger partial charge in [0.2, 0.25) is 0 Å². The van der Waals surface area contributed by atoms with Crippen LogP contribution in [0.3, 0.4) is 0 Å². The number of hydrogen-bond donors (Lipinski definition) is 0. The van der Waals surface area contributed by atoms with Crippen molar-refractivity contribution in [2.45, 2.75) is 0 Å². The largest absolute Gasteiger partial charge is 0.465 e. The van der Waals surface area contributed by atoms with Crippen LogP contribution in [0, 0.1) is 0 Å². The van der Waals surface area contributed by atoms with Crippen LogP contribution in [-0.4, -0.2) is 30.7 Å². The van der Waals surface area contributed by atoms with Crippen molar-refractivity contribution in [2.24, 2.45) is 0 Å². The Labute approximate surface area is 124 Å². The minimum absolute atomic E-state index is 0.259. The van der Waals surface area contributed by atoms with E-state index in [4.69, 9.17) is 4.74 Å². The Morgan fingerprint density at radius 1 is 1.05 bits per heavy atom. The number of carbonyl (C=O) groups is 2. The highest BCUT2D eigenvalue weighted by Gasteiger charge is 2.19. The first-order chi connectivity index (χ1) is 9.56. The average molecular weight is 338 g/mol. The van der Waals surface area contributed by atoms with Crippen LogP contribution < -0.4 is 0 Å². The van der Waals surface area contributed by atoms with Crippen molar-refractivity contribution in [1.29, 1.82) is 0 Å². The fourth-order valence-corrected chi connectivity index (χ4v) is 2.03. The van der Waals surface area contributed by atoms with Crippen molar-refractivity contribution >= 4 is 27.9 Å². The van der Waals surface area contributed by atoms with Crippen LogP contribution in [0.15, 0.2) is 41.0 Å². The predicted octanol–water partition coefficient (Wildman–Crippen LogP) is 2.81. The molecule has 0 bridgehead atoms. The molecule has 0 saturated carbocycles. The number of halogens is 1. The lowest BCUT2D eigenvalue weighted by Crippen LogP contribution is -2.08. The molecule has 0 fully saturated rings. The summed E-state index contributed by atoms with van der Waals surface area (Å²) in [6.07, 6.45) is 1.54. The Morgan fingerprint density at radius 3 is 2.20 bits per heavy atom. The van der Waals surface area contributed by atoms with Crippen molar-refractivity contribution in [2.75, 3.05) is 14.2 Å². The maximum absolute atomic E-state index is 11.8. The predicted molar refractivity (Wildman–Crippen MR) is 76.1 cm³/mol. The Bertz CT molecular complexity index is 646. The number of aromatic nitrogens is 1. The SMILES string of the molecule is COC(=O)c1cc(C(=O)OC)n(-c2ccc(Br)cc2)c1. The van der Waals surface area contributed by atoms with Gasteiger partial charge in [0.1, 0.15) is 5.69 Å². The molecule has 104 valence electrons. The zero-order chi connectivity index (χ0) is 14.7. The topological polar surface area (TPSA) is 57.5 Å². The van der Waals surface area contributed by atoms with Gasteiger partial charge in [0.25, 0.3) is 0 Å². The summed E-state index contributed by atoms with van der Waals surface area (Å²) in [4.78, 5) is 23.4. The van der Waals surface area contributed by atoms with E-state index in [1.54, 1.807) is 10.8 Å². The molecule has 20 heavy (non-hydrogen) atoms. The lowest BCUT2D eigenvalue weighted by molar-refractivity contribution is 0.0590. The van der Waals surface area contributed by atoms with Crippen molar-refractivity contribution in [1.82, 2.24) is 4.57 Å². The van der Waals surface area contributed by atoms with Gasteiger partial charge in [-0.25, -0.2) is 9.59 Å². The molecule has 2 aromatic rings. The fourth-order valence-electron chi connectivity index (χ4n) is 1.77. The van der Waals surface area contributed by atoms with Gasteiger partial charge in [-0.15, -0.1) is 0 Å². The minimum Gasteiger partial charge on any atom is -0.465 e. The number of hydrogen-bond acceptors (Lipinski definition) is 4. The van der Waals surface area contributed by atoms with E-state index in [1.807, 2.05) is 24.3 Å². The Kier molecular flexibility index (Phi) is 4.24. The van der Waals surface area contributed by atoms with Crippen LogP contribution in [0.5, 0.6) is 0 Å². The van der Waals surface area contributed by atoms with Gasteiger partial charge >= 0.3 is 11.9 Å². The third kappa shape index (κ3) is 2.75. The van der Waals surface area contributed by atoms with Crippen molar-refractivity contribution < 1.29 is 19.1 Å². The lowest BCUT2D eigenvalue weighted by atomic mass is 10.3. The minimum atomic E-state index is -0.525. The summed E-state index contributed by atoms with van der Waals surface area (Å²) < 4.78 is 11.9. The molecule has 0 radical (unpaired) electrons. The molecular weight excluding hydrogens is 326 g/mol. The van der Waals surface area contributed by atoms with Crippen LogP contribution in [-0.2, 0) is 9.47 Å². The Hall–Kier alpha value is -2.08. The molecule has 1 heterocycles. The van der Waals surface area contributed by atoms with E-state index in [-0.39, 0.29) is 11.3 Å². The van der Waals surface area contributed by atoms with Crippen LogP contribution >= 0.6 is 15.9 Å². The molecule has 1 aromatic heterocycles. The highest BCUT2D eigenvalue weighted by molar-refractivity contribution is 9.10. The summed E-state index contributed by atoms with van der Waals surface area (Å²) >= 11 is 3.34. The average Bonchev–Trinajstić information content (AvgIpc) is 2.91. The van der Waals surface area contributed by atoms with Crippen LogP contribution in [0.1, 0.15) is 20.8 Å². The van der Waals surface area contributed by atoms with Gasteiger partial charge in [0.15, 0.2) is 0 Å². The smallest absolute Gasteiger partial charge is 0.355 e. The Balaban J connectivity index is 2.54. The molecule has 0 aliphatic heterocycles. The molecule has 0 amide bonds. The Morgan fingerprint density at radius 2 is 1.65 bits per heavy atom. The van der Waals surface area contributed by atoms with Crippen molar-refractivity contribution in [3.8, 4) is 5.69 Å². The second-order valence-corrected chi connectivity index (χ2v) is 4.86. The molecule has 0 atom stereocenters. The number of benzene rings is 1. The van der Waals surface area contributed by atoms with E-state index in [0.29, 0.717) is 0 Å². The van der Waals surface area contributed by atoms with Crippen LogP contribution in [0.25, 0.3) is 5.69 Å². The number of nitrogens with zero attached hydrogens (tertiary/aromatic N) is 1. The first-order valence-electron chi connectivity index (χ1n) is 5.71. The fraction of sp³-hybridized carbons (Fsp3) is 0.143. The molecule has 0 saturated heterocycles. The molecular formula is C14H12BrNO4. The maximum atomic E-state index is 11.8. The zero-order valence-corrected chi connectivity index (χ0v) is 12.5. The number of ether oxygens (including phenoxy) is 2. The monoisotopic (exact) mass is 337 g/mol. The molecule has 0 aliphatic rings. The molecule has 1 aromatic carbocycles. The normalized spacial score (nSPS) is 10.2. The van der Waals surface area contributed by atoms with Crippen LogP contribution in [0.4, 0.5) is 0 Å². The van der Waals surface area contributed by atoms with Gasteiger partial charge in [0, 0.05) is 16.4 Å². The number of methoxy groups -OCH3 is 2. The van der Waals surface area contributed by atoms with E-state index >= 15 is 0 Å². The highest BCUT2D eigenvalue weighted by atomic mass is 79.9. The first kappa shape index (κ1) is 14.3. The van der Waals surface area contributed by atoms with Crippen LogP contribution in [0.2, 0.25) is 0 Å². The van der Waals surface area contributed by atoms with Gasteiger partial charge in [-0.1, -0.05) is 15.9 Å². The second-order valence-electron chi connectivity index (χ2n) is 3.94. The molecule has 0 aliphatic carbocycles. The molecule has 6 heteroatoms. The second kappa shape index (κ2) is 5.92. The van der Waals surface area contributed by atoms with E-state index in [1.165, 1.54) is 20.3 Å². The summed E-state index contributed by atoms with van der Waals surface area (Å²) in [7, 11) is 2.58. The highest BCUT2D eigenvalue weighted by Crippen LogP contribution is 2.19. The zero-order valence-electron chi connectivity index (χ0n) is 10.9. The number of carbonyl (C=O) groups excluding carboxylic acids is 2. The van der Waals surface area contributed by atoms with E-state index in [0.717, 1.165) is 10.2 Å². The lowest BCUT2D eigenvalue weighted by Gasteiger charge is -2.07. The third-order valence-electron chi connectivity index (χ3n) is 2.74. The van der Waals surface area contributed by atoms with E-state index in [9.17, 15) is 9.59 Å². The van der Waals surface area contributed by atoms with E-state index in [2.05, 4.69) is 20.7 Å².